The number of sulfonamides is 1. The molecule has 0 N–H and O–H groups in total. The highest BCUT2D eigenvalue weighted by atomic mass is 35.5. The minimum atomic E-state index is -3.81. The minimum Gasteiger partial charge on any atom is -0.337 e. The number of hydrogen-bond acceptors (Lipinski definition) is 3. The van der Waals surface area contributed by atoms with Gasteiger partial charge in [0.15, 0.2) is 0 Å². The Labute approximate surface area is 186 Å². The van der Waals surface area contributed by atoms with Gasteiger partial charge in [-0.1, -0.05) is 53.5 Å². The molecule has 0 saturated carbocycles. The summed E-state index contributed by atoms with van der Waals surface area (Å²) < 4.78 is 27.2. The van der Waals surface area contributed by atoms with Gasteiger partial charge < -0.3 is 4.90 Å². The first kappa shape index (κ1) is 22.2. The summed E-state index contributed by atoms with van der Waals surface area (Å²) in [4.78, 5) is 14.4. The van der Waals surface area contributed by atoms with Crippen LogP contribution in [0.3, 0.4) is 0 Å². The number of halogens is 2. The maximum atomic E-state index is 13.0. The third-order valence-corrected chi connectivity index (χ3v) is 7.13. The van der Waals surface area contributed by atoms with Crippen molar-refractivity contribution in [2.75, 3.05) is 18.4 Å². The summed E-state index contributed by atoms with van der Waals surface area (Å²) in [5.74, 6) is -0.305. The number of hydrogen-bond donors (Lipinski definition) is 0. The highest BCUT2D eigenvalue weighted by Crippen LogP contribution is 2.25. The molecule has 0 aliphatic carbocycles. The Morgan fingerprint density at radius 3 is 2.23 bits per heavy atom. The van der Waals surface area contributed by atoms with E-state index in [0.717, 1.165) is 5.56 Å². The molecule has 3 aromatic carbocycles. The Kier molecular flexibility index (Phi) is 6.71. The predicted molar refractivity (Wildman–Crippen MR) is 121 cm³/mol. The number of benzene rings is 3. The zero-order valence-corrected chi connectivity index (χ0v) is 18.7. The topological polar surface area (TPSA) is 57.7 Å². The van der Waals surface area contributed by atoms with E-state index in [9.17, 15) is 13.2 Å². The van der Waals surface area contributed by atoms with Crippen LogP contribution in [0.1, 0.15) is 15.9 Å². The molecule has 0 heterocycles. The number of carbonyl (C=O) groups excluding carboxylic acids is 1. The molecule has 3 rings (SSSR count). The van der Waals surface area contributed by atoms with Crippen LogP contribution < -0.4 is 4.31 Å². The molecule has 3 aromatic rings. The summed E-state index contributed by atoms with van der Waals surface area (Å²) in [5, 5.41) is 0.849. The Morgan fingerprint density at radius 1 is 0.867 bits per heavy atom. The fourth-order valence-corrected chi connectivity index (χ4v) is 4.49. The molecule has 30 heavy (non-hydrogen) atoms. The lowest BCUT2D eigenvalue weighted by Crippen LogP contribution is -2.28. The Hall–Kier alpha value is -2.54. The van der Waals surface area contributed by atoms with E-state index in [1.54, 1.807) is 61.6 Å². The fourth-order valence-electron chi connectivity index (χ4n) is 2.93. The Bertz CT molecular complexity index is 1170. The van der Waals surface area contributed by atoms with Gasteiger partial charge in [0, 0.05) is 26.2 Å². The molecule has 0 aromatic heterocycles. The van der Waals surface area contributed by atoms with Crippen molar-refractivity contribution in [1.82, 2.24) is 4.90 Å². The van der Waals surface area contributed by atoms with Crippen LogP contribution in [-0.2, 0) is 16.6 Å². The second-order valence-electron chi connectivity index (χ2n) is 6.75. The van der Waals surface area contributed by atoms with Gasteiger partial charge in [0.25, 0.3) is 15.9 Å². The van der Waals surface area contributed by atoms with Crippen molar-refractivity contribution in [2.24, 2.45) is 0 Å². The number of nitrogens with zero attached hydrogens (tertiary/aromatic N) is 2. The van der Waals surface area contributed by atoms with Crippen LogP contribution in [0, 0.1) is 0 Å². The molecule has 8 heteroatoms. The molecule has 0 atom stereocenters. The van der Waals surface area contributed by atoms with Gasteiger partial charge in [0.05, 0.1) is 20.6 Å². The summed E-state index contributed by atoms with van der Waals surface area (Å²) in [6.07, 6.45) is 0. The van der Waals surface area contributed by atoms with Crippen molar-refractivity contribution in [1.29, 1.82) is 0 Å². The summed E-state index contributed by atoms with van der Waals surface area (Å²) in [5.41, 5.74) is 1.62. The van der Waals surface area contributed by atoms with Crippen LogP contribution >= 0.6 is 23.2 Å². The van der Waals surface area contributed by atoms with Crippen molar-refractivity contribution in [3.05, 3.63) is 94.0 Å². The van der Waals surface area contributed by atoms with Crippen molar-refractivity contribution in [3.63, 3.8) is 0 Å². The van der Waals surface area contributed by atoms with E-state index in [0.29, 0.717) is 22.3 Å². The molecule has 1 amide bonds. The summed E-state index contributed by atoms with van der Waals surface area (Å²) in [6, 6.07) is 19.9. The van der Waals surface area contributed by atoms with Crippen LogP contribution in [0.2, 0.25) is 10.0 Å². The third-order valence-electron chi connectivity index (χ3n) is 4.61. The lowest BCUT2D eigenvalue weighted by molar-refractivity contribution is 0.0785. The van der Waals surface area contributed by atoms with E-state index in [-0.39, 0.29) is 16.4 Å². The van der Waals surface area contributed by atoms with Crippen molar-refractivity contribution in [3.8, 4) is 0 Å². The molecule has 0 spiro atoms. The molecule has 5 nitrogen and oxygen atoms in total. The first-order valence-corrected chi connectivity index (χ1v) is 11.2. The van der Waals surface area contributed by atoms with E-state index in [4.69, 9.17) is 23.2 Å². The smallest absolute Gasteiger partial charge is 0.264 e. The molecule has 0 unspecified atom stereocenters. The predicted octanol–water partition coefficient (Wildman–Crippen LogP) is 5.09. The highest BCUT2D eigenvalue weighted by Gasteiger charge is 2.23. The summed E-state index contributed by atoms with van der Waals surface area (Å²) in [6.45, 7) is 0.302. The molecule has 0 bridgehead atoms. The second kappa shape index (κ2) is 9.08. The molecular formula is C22H20Cl2N2O3S. The average Bonchev–Trinajstić information content (AvgIpc) is 2.75. The first-order chi connectivity index (χ1) is 14.2. The summed E-state index contributed by atoms with van der Waals surface area (Å²) >= 11 is 12.0. The van der Waals surface area contributed by atoms with Gasteiger partial charge >= 0.3 is 0 Å². The van der Waals surface area contributed by atoms with Crippen LogP contribution in [-0.4, -0.2) is 33.3 Å². The van der Waals surface area contributed by atoms with Gasteiger partial charge in [-0.05, 0) is 48.0 Å². The van der Waals surface area contributed by atoms with E-state index in [1.807, 2.05) is 6.07 Å². The zero-order chi connectivity index (χ0) is 21.9. The highest BCUT2D eigenvalue weighted by molar-refractivity contribution is 7.92. The lowest BCUT2D eigenvalue weighted by Gasteiger charge is -2.21. The van der Waals surface area contributed by atoms with Gasteiger partial charge in [0.1, 0.15) is 0 Å². The molecule has 156 valence electrons. The number of amides is 1. The number of rotatable bonds is 6. The zero-order valence-electron chi connectivity index (χ0n) is 16.4. The van der Waals surface area contributed by atoms with E-state index in [2.05, 4.69) is 0 Å². The third kappa shape index (κ3) is 4.78. The quantitative estimate of drug-likeness (QED) is 0.512. The lowest BCUT2D eigenvalue weighted by atomic mass is 10.1. The van der Waals surface area contributed by atoms with Gasteiger partial charge in [0.2, 0.25) is 0 Å². The van der Waals surface area contributed by atoms with Gasteiger partial charge in [-0.15, -0.1) is 0 Å². The van der Waals surface area contributed by atoms with E-state index >= 15 is 0 Å². The van der Waals surface area contributed by atoms with Gasteiger partial charge in [-0.25, -0.2) is 8.42 Å². The molecule has 0 saturated heterocycles. The maximum Gasteiger partial charge on any atom is 0.264 e. The number of anilines is 1. The first-order valence-electron chi connectivity index (χ1n) is 9.03. The van der Waals surface area contributed by atoms with Crippen LogP contribution in [0.15, 0.2) is 77.7 Å². The SMILES string of the molecule is CN(Cc1ccc(Cl)c(Cl)c1)C(=O)c1cccc(S(=O)(=O)N(C)c2ccccc2)c1. The summed E-state index contributed by atoms with van der Waals surface area (Å²) in [7, 11) is -0.690. The second-order valence-corrected chi connectivity index (χ2v) is 9.53. The van der Waals surface area contributed by atoms with Gasteiger partial charge in [-0.2, -0.15) is 0 Å². The fraction of sp³-hybridized carbons (Fsp3) is 0.136. The van der Waals surface area contributed by atoms with E-state index in [1.165, 1.54) is 28.4 Å². The van der Waals surface area contributed by atoms with Crippen LogP contribution in [0.5, 0.6) is 0 Å². The average molecular weight is 463 g/mol. The monoisotopic (exact) mass is 462 g/mol. The van der Waals surface area contributed by atoms with Crippen molar-refractivity contribution >= 4 is 44.8 Å². The van der Waals surface area contributed by atoms with Crippen LogP contribution in [0.25, 0.3) is 0 Å². The van der Waals surface area contributed by atoms with Gasteiger partial charge in [-0.3, -0.25) is 9.10 Å². The number of para-hydroxylation sites is 1. The standard InChI is InChI=1S/C22H20Cl2N2O3S/c1-25(15-16-11-12-20(23)21(24)13-16)22(27)17-7-6-10-19(14-17)30(28,29)26(2)18-8-4-3-5-9-18/h3-14H,15H2,1-2H3. The minimum absolute atomic E-state index is 0.0441. The molecule has 0 fully saturated rings. The normalized spacial score (nSPS) is 11.2. The Morgan fingerprint density at radius 2 is 1.57 bits per heavy atom. The van der Waals surface area contributed by atoms with Crippen LogP contribution in [0.4, 0.5) is 5.69 Å². The van der Waals surface area contributed by atoms with Crippen molar-refractivity contribution < 1.29 is 13.2 Å². The number of carbonyl (C=O) groups is 1. The molecule has 0 aliphatic heterocycles. The molecular weight excluding hydrogens is 443 g/mol. The van der Waals surface area contributed by atoms with E-state index < -0.39 is 10.0 Å². The molecule has 0 aliphatic rings. The largest absolute Gasteiger partial charge is 0.337 e. The maximum absolute atomic E-state index is 13.0. The Balaban J connectivity index is 1.83. The molecule has 0 radical (unpaired) electrons. The van der Waals surface area contributed by atoms with Crippen molar-refractivity contribution in [2.45, 2.75) is 11.4 Å².